The number of rotatable bonds is 5. The molecule has 1 saturated heterocycles. The van der Waals surface area contributed by atoms with Crippen LogP contribution < -0.4 is 4.74 Å². The number of hydrogen-bond donors (Lipinski definition) is 1. The van der Waals surface area contributed by atoms with Gasteiger partial charge in [-0.25, -0.2) is 4.98 Å². The summed E-state index contributed by atoms with van der Waals surface area (Å²) < 4.78 is 5.22. The molecule has 2 aromatic carbocycles. The molecule has 4 nitrogen and oxygen atoms in total. The van der Waals surface area contributed by atoms with Gasteiger partial charge in [-0.15, -0.1) is 0 Å². The summed E-state index contributed by atoms with van der Waals surface area (Å²) in [7, 11) is 1.71. The Morgan fingerprint density at radius 3 is 2.56 bits per heavy atom. The summed E-state index contributed by atoms with van der Waals surface area (Å²) in [5, 5.41) is 0. The molecular weight excluding hydrogens is 310 g/mol. The highest BCUT2D eigenvalue weighted by atomic mass is 16.5. The zero-order valence-electron chi connectivity index (χ0n) is 14.7. The summed E-state index contributed by atoms with van der Waals surface area (Å²) in [5.74, 6) is 2.65. The number of H-pyrrole nitrogens is 1. The van der Waals surface area contributed by atoms with Crippen LogP contribution in [-0.4, -0.2) is 41.6 Å². The third kappa shape index (κ3) is 3.69. The van der Waals surface area contributed by atoms with Crippen LogP contribution in [0.25, 0.3) is 11.0 Å². The first-order valence-corrected chi connectivity index (χ1v) is 9.12. The van der Waals surface area contributed by atoms with Gasteiger partial charge >= 0.3 is 0 Å². The van der Waals surface area contributed by atoms with Crippen molar-refractivity contribution in [2.45, 2.75) is 25.2 Å². The normalized spacial score (nSPS) is 16.4. The number of imidazole rings is 1. The number of aromatic nitrogens is 2. The van der Waals surface area contributed by atoms with Gasteiger partial charge in [-0.1, -0.05) is 24.3 Å². The van der Waals surface area contributed by atoms with E-state index in [9.17, 15) is 0 Å². The topological polar surface area (TPSA) is 41.1 Å². The number of nitrogens with one attached hydrogen (secondary N) is 1. The molecule has 0 atom stereocenters. The second kappa shape index (κ2) is 7.28. The molecule has 25 heavy (non-hydrogen) atoms. The van der Waals surface area contributed by atoms with Gasteiger partial charge in [0.25, 0.3) is 0 Å². The maximum Gasteiger partial charge on any atom is 0.118 e. The number of ether oxygens (including phenoxy) is 1. The van der Waals surface area contributed by atoms with Crippen molar-refractivity contribution in [3.05, 3.63) is 59.9 Å². The van der Waals surface area contributed by atoms with Crippen LogP contribution >= 0.6 is 0 Å². The van der Waals surface area contributed by atoms with Gasteiger partial charge in [-0.2, -0.15) is 0 Å². The Balaban J connectivity index is 1.30. The zero-order chi connectivity index (χ0) is 17.1. The van der Waals surface area contributed by atoms with Crippen LogP contribution in [0.15, 0.2) is 48.5 Å². The number of methoxy groups -OCH3 is 1. The lowest BCUT2D eigenvalue weighted by molar-refractivity contribution is 0.212. The number of hydrogen-bond acceptors (Lipinski definition) is 3. The first-order valence-electron chi connectivity index (χ1n) is 9.12. The van der Waals surface area contributed by atoms with Crippen molar-refractivity contribution in [3.63, 3.8) is 0 Å². The number of para-hydroxylation sites is 2. The van der Waals surface area contributed by atoms with E-state index in [1.165, 1.54) is 18.4 Å². The molecule has 1 aromatic heterocycles. The Bertz CT molecular complexity index is 784. The van der Waals surface area contributed by atoms with Crippen molar-refractivity contribution in [3.8, 4) is 5.75 Å². The van der Waals surface area contributed by atoms with Crippen molar-refractivity contribution < 1.29 is 4.74 Å². The van der Waals surface area contributed by atoms with Crippen LogP contribution in [-0.2, 0) is 6.42 Å². The van der Waals surface area contributed by atoms with Gasteiger partial charge in [0.05, 0.1) is 18.1 Å². The van der Waals surface area contributed by atoms with Gasteiger partial charge in [0.15, 0.2) is 0 Å². The molecule has 0 aliphatic carbocycles. The third-order valence-corrected chi connectivity index (χ3v) is 5.26. The lowest BCUT2D eigenvalue weighted by atomic mass is 9.96. The van der Waals surface area contributed by atoms with Gasteiger partial charge in [-0.3, -0.25) is 0 Å². The molecule has 4 heteroatoms. The Morgan fingerprint density at radius 2 is 1.84 bits per heavy atom. The number of benzene rings is 2. The van der Waals surface area contributed by atoms with Gasteiger partial charge in [0, 0.05) is 12.5 Å². The van der Waals surface area contributed by atoms with Gasteiger partial charge in [0.1, 0.15) is 11.6 Å². The van der Waals surface area contributed by atoms with Crippen LogP contribution in [0.3, 0.4) is 0 Å². The number of piperidine rings is 1. The molecule has 0 spiro atoms. The highest BCUT2D eigenvalue weighted by Gasteiger charge is 2.22. The second-order valence-electron chi connectivity index (χ2n) is 6.85. The van der Waals surface area contributed by atoms with E-state index >= 15 is 0 Å². The minimum Gasteiger partial charge on any atom is -0.497 e. The smallest absolute Gasteiger partial charge is 0.118 e. The standard InChI is InChI=1S/C21H25N3O/c1-25-18-8-6-16(7-9-18)10-13-24-14-11-17(12-15-24)21-22-19-4-2-3-5-20(19)23-21/h2-9,17H,10-15H2,1H3,(H,22,23). The van der Waals surface area contributed by atoms with E-state index in [2.05, 4.69) is 46.3 Å². The molecule has 1 N–H and O–H groups in total. The van der Waals surface area contributed by atoms with E-state index in [4.69, 9.17) is 9.72 Å². The molecule has 0 amide bonds. The van der Waals surface area contributed by atoms with Crippen LogP contribution in [0, 0.1) is 0 Å². The van der Waals surface area contributed by atoms with Crippen molar-refractivity contribution in [2.75, 3.05) is 26.7 Å². The molecule has 3 aromatic rings. The fourth-order valence-electron chi connectivity index (χ4n) is 3.68. The molecular formula is C21H25N3O. The largest absolute Gasteiger partial charge is 0.497 e. The second-order valence-corrected chi connectivity index (χ2v) is 6.85. The van der Waals surface area contributed by atoms with Crippen molar-refractivity contribution in [1.29, 1.82) is 0 Å². The lowest BCUT2D eigenvalue weighted by Crippen LogP contribution is -2.34. The Kier molecular flexibility index (Phi) is 4.70. The van der Waals surface area contributed by atoms with E-state index < -0.39 is 0 Å². The average molecular weight is 335 g/mol. The summed E-state index contributed by atoms with van der Waals surface area (Å²) in [5.41, 5.74) is 3.61. The Hall–Kier alpha value is -2.33. The van der Waals surface area contributed by atoms with E-state index in [0.717, 1.165) is 48.7 Å². The molecule has 1 fully saturated rings. The SMILES string of the molecule is COc1ccc(CCN2CCC(c3nc4ccccc4[nH]3)CC2)cc1. The summed E-state index contributed by atoms with van der Waals surface area (Å²) in [6.07, 6.45) is 3.46. The average Bonchev–Trinajstić information content (AvgIpc) is 3.11. The summed E-state index contributed by atoms with van der Waals surface area (Å²) in [6, 6.07) is 16.7. The third-order valence-electron chi connectivity index (χ3n) is 5.26. The maximum atomic E-state index is 5.22. The van der Waals surface area contributed by atoms with Crippen LogP contribution in [0.1, 0.15) is 30.1 Å². The monoisotopic (exact) mass is 335 g/mol. The number of aromatic amines is 1. The Labute approximate surface area is 148 Å². The summed E-state index contributed by atoms with van der Waals surface area (Å²) in [4.78, 5) is 10.9. The molecule has 4 rings (SSSR count). The predicted octanol–water partition coefficient (Wildman–Crippen LogP) is 3.99. The molecule has 2 heterocycles. The van der Waals surface area contributed by atoms with Crippen LogP contribution in [0.5, 0.6) is 5.75 Å². The predicted molar refractivity (Wildman–Crippen MR) is 101 cm³/mol. The van der Waals surface area contributed by atoms with E-state index in [1.807, 2.05) is 12.1 Å². The molecule has 1 aliphatic rings. The first-order chi connectivity index (χ1) is 12.3. The molecule has 0 radical (unpaired) electrons. The molecule has 130 valence electrons. The Morgan fingerprint density at radius 1 is 1.08 bits per heavy atom. The highest BCUT2D eigenvalue weighted by molar-refractivity contribution is 5.74. The molecule has 0 bridgehead atoms. The molecule has 0 saturated carbocycles. The summed E-state index contributed by atoms with van der Waals surface area (Å²) >= 11 is 0. The van der Waals surface area contributed by atoms with Crippen LogP contribution in [0.4, 0.5) is 0 Å². The van der Waals surface area contributed by atoms with Crippen molar-refractivity contribution in [2.24, 2.45) is 0 Å². The highest BCUT2D eigenvalue weighted by Crippen LogP contribution is 2.27. The fraction of sp³-hybridized carbons (Fsp3) is 0.381. The minimum atomic E-state index is 0.560. The number of fused-ring (bicyclic) bond motifs is 1. The maximum absolute atomic E-state index is 5.22. The van der Waals surface area contributed by atoms with Gasteiger partial charge < -0.3 is 14.6 Å². The van der Waals surface area contributed by atoms with Crippen molar-refractivity contribution >= 4 is 11.0 Å². The van der Waals surface area contributed by atoms with Crippen LogP contribution in [0.2, 0.25) is 0 Å². The van der Waals surface area contributed by atoms with Gasteiger partial charge in [-0.05, 0) is 62.2 Å². The molecule has 1 aliphatic heterocycles. The first kappa shape index (κ1) is 16.2. The van der Waals surface area contributed by atoms with E-state index in [1.54, 1.807) is 7.11 Å². The number of likely N-dealkylation sites (tertiary alicyclic amines) is 1. The summed E-state index contributed by atoms with van der Waals surface area (Å²) in [6.45, 7) is 3.43. The molecule has 0 unspecified atom stereocenters. The quantitative estimate of drug-likeness (QED) is 0.766. The van der Waals surface area contributed by atoms with Gasteiger partial charge in [0.2, 0.25) is 0 Å². The van der Waals surface area contributed by atoms with E-state index in [0.29, 0.717) is 5.92 Å². The minimum absolute atomic E-state index is 0.560. The number of nitrogens with zero attached hydrogens (tertiary/aromatic N) is 2. The zero-order valence-corrected chi connectivity index (χ0v) is 14.7. The van der Waals surface area contributed by atoms with E-state index in [-0.39, 0.29) is 0 Å². The lowest BCUT2D eigenvalue weighted by Gasteiger charge is -2.31. The van der Waals surface area contributed by atoms with Crippen molar-refractivity contribution in [1.82, 2.24) is 14.9 Å². The fourth-order valence-corrected chi connectivity index (χ4v) is 3.68.